The molecule has 266 valence electrons. The van der Waals surface area contributed by atoms with Crippen molar-refractivity contribution in [3.05, 3.63) is 138 Å². The van der Waals surface area contributed by atoms with Crippen LogP contribution >= 0.6 is 0 Å². The van der Waals surface area contributed by atoms with E-state index in [0.717, 1.165) is 72.5 Å². The lowest BCUT2D eigenvalue weighted by molar-refractivity contribution is 0.0722. The van der Waals surface area contributed by atoms with Crippen molar-refractivity contribution < 1.29 is 28.5 Å². The quantitative estimate of drug-likeness (QED) is 0.0388. The van der Waals surface area contributed by atoms with Crippen LogP contribution in [-0.2, 0) is 0 Å². The van der Waals surface area contributed by atoms with Crippen LogP contribution in [-0.4, -0.2) is 42.6 Å². The number of carbonyl (C=O) groups is 2. The van der Waals surface area contributed by atoms with Gasteiger partial charge in [0.15, 0.2) is 0 Å². The maximum atomic E-state index is 12.9. The van der Waals surface area contributed by atoms with E-state index >= 15 is 0 Å². The number of carbonyl (C=O) groups excluding carboxylic acids is 2. The van der Waals surface area contributed by atoms with Gasteiger partial charge in [-0.3, -0.25) is 9.98 Å². The summed E-state index contributed by atoms with van der Waals surface area (Å²) < 4.78 is 22.5. The highest BCUT2D eigenvalue weighted by Crippen LogP contribution is 2.21. The molecule has 0 atom stereocenters. The molecule has 1 heterocycles. The van der Waals surface area contributed by atoms with Gasteiger partial charge < -0.3 is 18.9 Å². The highest BCUT2D eigenvalue weighted by atomic mass is 16.5. The van der Waals surface area contributed by atoms with E-state index in [1.165, 1.54) is 12.1 Å². The van der Waals surface area contributed by atoms with Gasteiger partial charge in [-0.05, 0) is 133 Å². The lowest BCUT2D eigenvalue weighted by Crippen LogP contribution is -2.15. The Kier molecular flexibility index (Phi) is 14.2. The molecule has 0 bridgehead atoms. The third-order valence-electron chi connectivity index (χ3n) is 7.78. The van der Waals surface area contributed by atoms with Gasteiger partial charge in [0.1, 0.15) is 34.4 Å². The molecular weight excluding hydrogens is 654 g/mol. The molecule has 0 spiro atoms. The molecule has 0 N–H and O–H groups in total. The smallest absolute Gasteiger partial charge is 0.362 e. The van der Waals surface area contributed by atoms with Crippen LogP contribution in [0.15, 0.2) is 125 Å². The van der Waals surface area contributed by atoms with Crippen LogP contribution in [0.2, 0.25) is 0 Å². The van der Waals surface area contributed by atoms with Crippen molar-refractivity contribution in [1.29, 1.82) is 0 Å². The molecule has 9 nitrogen and oxygen atoms in total. The molecule has 9 heteroatoms. The summed E-state index contributed by atoms with van der Waals surface area (Å²) in [6.45, 7) is 5.75. The highest BCUT2D eigenvalue weighted by Gasteiger charge is 2.16. The maximum absolute atomic E-state index is 12.9. The molecule has 1 aromatic heterocycles. The lowest BCUT2D eigenvalue weighted by Gasteiger charge is -2.07. The number of benzene rings is 4. The van der Waals surface area contributed by atoms with Crippen molar-refractivity contribution in [2.24, 2.45) is 9.98 Å². The van der Waals surface area contributed by atoms with Gasteiger partial charge in [-0.2, -0.15) is 0 Å². The molecule has 0 aliphatic heterocycles. The van der Waals surface area contributed by atoms with Crippen molar-refractivity contribution >= 4 is 35.7 Å². The molecule has 5 rings (SSSR count). The molecule has 0 amide bonds. The molecule has 52 heavy (non-hydrogen) atoms. The second-order valence-electron chi connectivity index (χ2n) is 11.9. The van der Waals surface area contributed by atoms with E-state index in [0.29, 0.717) is 24.7 Å². The van der Waals surface area contributed by atoms with Gasteiger partial charge in [-0.15, -0.1) is 0 Å². The summed E-state index contributed by atoms with van der Waals surface area (Å²) in [4.78, 5) is 38.9. The van der Waals surface area contributed by atoms with Crippen molar-refractivity contribution in [2.45, 2.75) is 52.4 Å². The number of unbranched alkanes of at least 4 members (excludes halogenated alkanes) is 4. The second kappa shape index (κ2) is 19.9. The SMILES string of the molecule is CCCCCOc1ccc(N=Cc2ccc(OC(=O)c3cccc(C(=O)Oc4ccc(C=Nc5ccc(OCCCCC)cc5)cc4)n3)cc2)cc1. The van der Waals surface area contributed by atoms with Crippen molar-refractivity contribution in [3.8, 4) is 23.0 Å². The predicted octanol–water partition coefficient (Wildman–Crippen LogP) is 10.2. The first-order chi connectivity index (χ1) is 25.5. The third-order valence-corrected chi connectivity index (χ3v) is 7.78. The van der Waals surface area contributed by atoms with Gasteiger partial charge >= 0.3 is 11.9 Å². The molecule has 0 saturated heterocycles. The number of pyridine rings is 1. The van der Waals surface area contributed by atoms with Crippen LogP contribution in [0.25, 0.3) is 0 Å². The molecule has 0 aliphatic rings. The Bertz CT molecular complexity index is 1780. The van der Waals surface area contributed by atoms with Gasteiger partial charge in [0.05, 0.1) is 24.6 Å². The molecule has 0 radical (unpaired) electrons. The van der Waals surface area contributed by atoms with Crippen LogP contribution < -0.4 is 18.9 Å². The first-order valence-corrected chi connectivity index (χ1v) is 17.6. The topological polar surface area (TPSA) is 109 Å². The normalized spacial score (nSPS) is 11.1. The highest BCUT2D eigenvalue weighted by molar-refractivity contribution is 5.93. The van der Waals surface area contributed by atoms with Crippen molar-refractivity contribution in [2.75, 3.05) is 13.2 Å². The Balaban J connectivity index is 1.09. The minimum atomic E-state index is -0.703. The maximum Gasteiger partial charge on any atom is 0.362 e. The van der Waals surface area contributed by atoms with Crippen LogP contribution in [0.1, 0.15) is 84.5 Å². The predicted molar refractivity (Wildman–Crippen MR) is 204 cm³/mol. The number of aliphatic imine (C=N–C) groups is 2. The van der Waals surface area contributed by atoms with E-state index in [4.69, 9.17) is 18.9 Å². The van der Waals surface area contributed by atoms with E-state index in [1.54, 1.807) is 67.0 Å². The van der Waals surface area contributed by atoms with Crippen LogP contribution in [0.5, 0.6) is 23.0 Å². The Morgan fingerprint density at radius 2 is 0.904 bits per heavy atom. The summed E-state index contributed by atoms with van der Waals surface area (Å²) in [5.74, 6) is 0.902. The zero-order valence-electron chi connectivity index (χ0n) is 29.6. The number of hydrogen-bond donors (Lipinski definition) is 0. The third kappa shape index (κ3) is 12.1. The van der Waals surface area contributed by atoms with Gasteiger partial charge in [-0.1, -0.05) is 45.6 Å². The number of hydrogen-bond acceptors (Lipinski definition) is 9. The molecule has 0 unspecified atom stereocenters. The largest absolute Gasteiger partial charge is 0.494 e. The van der Waals surface area contributed by atoms with E-state index in [2.05, 4.69) is 28.8 Å². The molecule has 5 aromatic rings. The fourth-order valence-electron chi connectivity index (χ4n) is 4.86. The molecule has 0 aliphatic carbocycles. The molecular formula is C43H43N3O6. The molecule has 0 saturated carbocycles. The molecule has 4 aromatic carbocycles. The van der Waals surface area contributed by atoms with Crippen molar-refractivity contribution in [1.82, 2.24) is 4.98 Å². The van der Waals surface area contributed by atoms with Gasteiger partial charge in [0.2, 0.25) is 0 Å². The summed E-state index contributed by atoms with van der Waals surface area (Å²) in [6, 6.07) is 33.6. The average Bonchev–Trinajstić information content (AvgIpc) is 3.18. The Morgan fingerprint density at radius 3 is 1.29 bits per heavy atom. The number of rotatable bonds is 18. The summed E-state index contributed by atoms with van der Waals surface area (Å²) in [5, 5.41) is 0. The minimum Gasteiger partial charge on any atom is -0.494 e. The second-order valence-corrected chi connectivity index (χ2v) is 11.9. The van der Waals surface area contributed by atoms with Crippen LogP contribution in [0, 0.1) is 0 Å². The number of nitrogens with zero attached hydrogens (tertiary/aromatic N) is 3. The number of esters is 2. The Morgan fingerprint density at radius 1 is 0.519 bits per heavy atom. The van der Waals surface area contributed by atoms with Gasteiger partial charge in [0, 0.05) is 12.4 Å². The van der Waals surface area contributed by atoms with E-state index < -0.39 is 11.9 Å². The summed E-state index contributed by atoms with van der Waals surface area (Å²) in [5.41, 5.74) is 3.20. The fourth-order valence-corrected chi connectivity index (χ4v) is 4.86. The lowest BCUT2D eigenvalue weighted by atomic mass is 10.2. The van der Waals surface area contributed by atoms with E-state index in [1.807, 2.05) is 48.5 Å². The first kappa shape index (κ1) is 37.2. The summed E-state index contributed by atoms with van der Waals surface area (Å²) >= 11 is 0. The monoisotopic (exact) mass is 697 g/mol. The van der Waals surface area contributed by atoms with Crippen molar-refractivity contribution in [3.63, 3.8) is 0 Å². The summed E-state index contributed by atoms with van der Waals surface area (Å²) in [7, 11) is 0. The zero-order chi connectivity index (χ0) is 36.4. The van der Waals surface area contributed by atoms with E-state index in [9.17, 15) is 9.59 Å². The minimum absolute atomic E-state index is 0.0273. The van der Waals surface area contributed by atoms with Gasteiger partial charge in [-0.25, -0.2) is 14.6 Å². The average molecular weight is 698 g/mol. The standard InChI is InChI=1S/C43H43N3O6/c1-3-5-7-28-49-36-24-16-34(17-25-36)44-30-32-12-20-38(21-13-32)51-42(47)40-10-9-11-41(46-40)43(48)52-39-22-14-33(15-23-39)31-45-35-18-26-37(27-19-35)50-29-8-6-4-2/h9-27,30-31H,3-8,28-29H2,1-2H3. The number of aromatic nitrogens is 1. The zero-order valence-corrected chi connectivity index (χ0v) is 29.6. The fraction of sp³-hybridized carbons (Fsp3) is 0.233. The van der Waals surface area contributed by atoms with Gasteiger partial charge in [0.25, 0.3) is 0 Å². The van der Waals surface area contributed by atoms with Crippen LogP contribution in [0.4, 0.5) is 11.4 Å². The molecule has 0 fully saturated rings. The Labute approximate surface area is 305 Å². The van der Waals surface area contributed by atoms with Crippen LogP contribution in [0.3, 0.4) is 0 Å². The number of ether oxygens (including phenoxy) is 4. The van der Waals surface area contributed by atoms with E-state index in [-0.39, 0.29) is 11.4 Å². The first-order valence-electron chi connectivity index (χ1n) is 17.6. The Hall–Kier alpha value is -6.09. The summed E-state index contributed by atoms with van der Waals surface area (Å²) in [6.07, 6.45) is 10.2.